The Morgan fingerprint density at radius 3 is 2.48 bits per heavy atom. The molecule has 1 aliphatic carbocycles. The van der Waals surface area contributed by atoms with E-state index in [1.54, 1.807) is 7.11 Å². The van der Waals surface area contributed by atoms with E-state index in [0.717, 1.165) is 30.6 Å². The van der Waals surface area contributed by atoms with Gasteiger partial charge in [0.1, 0.15) is 5.75 Å². The van der Waals surface area contributed by atoms with Crippen LogP contribution in [0.2, 0.25) is 0 Å². The van der Waals surface area contributed by atoms with Gasteiger partial charge < -0.3 is 15.4 Å². The second kappa shape index (κ2) is 8.56. The molecule has 1 fully saturated rings. The van der Waals surface area contributed by atoms with Gasteiger partial charge in [-0.3, -0.25) is 9.59 Å². The number of carbonyl (C=O) groups is 2. The fourth-order valence-electron chi connectivity index (χ4n) is 2.96. The lowest BCUT2D eigenvalue weighted by Crippen LogP contribution is -2.48. The molecule has 5 nitrogen and oxygen atoms in total. The van der Waals surface area contributed by atoms with Gasteiger partial charge in [-0.15, -0.1) is 0 Å². The zero-order valence-corrected chi connectivity index (χ0v) is 13.9. The van der Waals surface area contributed by atoms with Gasteiger partial charge in [-0.25, -0.2) is 0 Å². The molecule has 1 saturated carbocycles. The monoisotopic (exact) mass is 318 g/mol. The van der Waals surface area contributed by atoms with E-state index in [2.05, 4.69) is 17.6 Å². The average molecular weight is 318 g/mol. The number of amides is 2. The van der Waals surface area contributed by atoms with E-state index in [4.69, 9.17) is 4.74 Å². The molecule has 0 radical (unpaired) electrons. The summed E-state index contributed by atoms with van der Waals surface area (Å²) in [6.45, 7) is 2.57. The first-order chi connectivity index (χ1) is 11.1. The van der Waals surface area contributed by atoms with Gasteiger partial charge in [0.15, 0.2) is 0 Å². The Kier molecular flexibility index (Phi) is 6.44. The molecule has 1 aromatic rings. The van der Waals surface area contributed by atoms with E-state index in [1.165, 1.54) is 6.42 Å². The summed E-state index contributed by atoms with van der Waals surface area (Å²) in [7, 11) is 1.63. The van der Waals surface area contributed by atoms with Crippen LogP contribution >= 0.6 is 0 Å². The predicted octanol–water partition coefficient (Wildman–Crippen LogP) is 2.05. The van der Waals surface area contributed by atoms with E-state index in [0.29, 0.717) is 18.9 Å². The van der Waals surface area contributed by atoms with Crippen LogP contribution in [0.15, 0.2) is 24.3 Å². The number of rotatable bonds is 5. The maximum atomic E-state index is 11.9. The standard InChI is InChI=1S/C18H26N2O3/c1-13-5-3-4-6-16(13)20-18(22)17(21)19-12-11-14-7-9-15(23-2)10-8-14/h7-10,13,16H,3-6,11-12H2,1-2H3,(H,19,21)(H,20,22). The Bertz CT molecular complexity index is 528. The number of hydrogen-bond acceptors (Lipinski definition) is 3. The molecular weight excluding hydrogens is 292 g/mol. The molecule has 0 saturated heterocycles. The van der Waals surface area contributed by atoms with Crippen LogP contribution in [0.4, 0.5) is 0 Å². The van der Waals surface area contributed by atoms with Crippen LogP contribution in [-0.4, -0.2) is 31.5 Å². The van der Waals surface area contributed by atoms with Crippen LogP contribution in [0.5, 0.6) is 5.75 Å². The first kappa shape index (κ1) is 17.3. The Hall–Kier alpha value is -2.04. The molecule has 126 valence electrons. The molecule has 1 aliphatic rings. The van der Waals surface area contributed by atoms with Crippen LogP contribution in [-0.2, 0) is 16.0 Å². The van der Waals surface area contributed by atoms with Crippen molar-refractivity contribution in [1.82, 2.24) is 10.6 Å². The van der Waals surface area contributed by atoms with Crippen molar-refractivity contribution in [3.63, 3.8) is 0 Å². The Labute approximate surface area is 137 Å². The zero-order chi connectivity index (χ0) is 16.7. The SMILES string of the molecule is COc1ccc(CCNC(=O)C(=O)NC2CCCCC2C)cc1. The number of ether oxygens (including phenoxy) is 1. The van der Waals surface area contributed by atoms with E-state index in [-0.39, 0.29) is 6.04 Å². The third kappa shape index (κ3) is 5.27. The van der Waals surface area contributed by atoms with Gasteiger partial charge in [-0.05, 0) is 42.9 Å². The molecule has 5 heteroatoms. The van der Waals surface area contributed by atoms with Crippen molar-refractivity contribution in [1.29, 1.82) is 0 Å². The van der Waals surface area contributed by atoms with E-state index in [1.807, 2.05) is 24.3 Å². The lowest BCUT2D eigenvalue weighted by molar-refractivity contribution is -0.139. The topological polar surface area (TPSA) is 67.4 Å². The van der Waals surface area contributed by atoms with Crippen LogP contribution in [0.25, 0.3) is 0 Å². The first-order valence-corrected chi connectivity index (χ1v) is 8.31. The highest BCUT2D eigenvalue weighted by molar-refractivity contribution is 6.35. The average Bonchev–Trinajstić information content (AvgIpc) is 2.57. The van der Waals surface area contributed by atoms with Gasteiger partial charge in [0, 0.05) is 12.6 Å². The van der Waals surface area contributed by atoms with Crippen LogP contribution < -0.4 is 15.4 Å². The summed E-state index contributed by atoms with van der Waals surface area (Å²) in [4.78, 5) is 23.8. The van der Waals surface area contributed by atoms with Crippen molar-refractivity contribution in [3.8, 4) is 5.75 Å². The second-order valence-electron chi connectivity index (χ2n) is 6.20. The summed E-state index contributed by atoms with van der Waals surface area (Å²) in [6, 6.07) is 7.80. The molecule has 0 aliphatic heterocycles. The number of methoxy groups -OCH3 is 1. The summed E-state index contributed by atoms with van der Waals surface area (Å²) >= 11 is 0. The molecule has 2 amide bonds. The highest BCUT2D eigenvalue weighted by Crippen LogP contribution is 2.23. The molecular formula is C18H26N2O3. The van der Waals surface area contributed by atoms with Crippen molar-refractivity contribution in [3.05, 3.63) is 29.8 Å². The Balaban J connectivity index is 1.71. The lowest BCUT2D eigenvalue weighted by atomic mass is 9.86. The maximum absolute atomic E-state index is 11.9. The molecule has 2 rings (SSSR count). The highest BCUT2D eigenvalue weighted by atomic mass is 16.5. The highest BCUT2D eigenvalue weighted by Gasteiger charge is 2.25. The van der Waals surface area contributed by atoms with Crippen LogP contribution in [0.1, 0.15) is 38.2 Å². The molecule has 23 heavy (non-hydrogen) atoms. The molecule has 0 spiro atoms. The first-order valence-electron chi connectivity index (χ1n) is 8.31. The zero-order valence-electron chi connectivity index (χ0n) is 13.9. The van der Waals surface area contributed by atoms with Gasteiger partial charge in [-0.2, -0.15) is 0 Å². The van der Waals surface area contributed by atoms with Gasteiger partial charge in [-0.1, -0.05) is 31.9 Å². The summed E-state index contributed by atoms with van der Waals surface area (Å²) in [5, 5.41) is 5.55. The van der Waals surface area contributed by atoms with Gasteiger partial charge in [0.2, 0.25) is 0 Å². The van der Waals surface area contributed by atoms with Crippen molar-refractivity contribution in [2.75, 3.05) is 13.7 Å². The quantitative estimate of drug-likeness (QED) is 0.817. The largest absolute Gasteiger partial charge is 0.497 e. The fraction of sp³-hybridized carbons (Fsp3) is 0.556. The van der Waals surface area contributed by atoms with Gasteiger partial charge in [0.25, 0.3) is 0 Å². The minimum absolute atomic E-state index is 0.128. The number of benzene rings is 1. The second-order valence-corrected chi connectivity index (χ2v) is 6.20. The normalized spacial score (nSPS) is 20.6. The molecule has 2 atom stereocenters. The number of carbonyl (C=O) groups excluding carboxylic acids is 2. The minimum Gasteiger partial charge on any atom is -0.497 e. The van der Waals surface area contributed by atoms with Crippen molar-refractivity contribution in [2.45, 2.75) is 45.1 Å². The van der Waals surface area contributed by atoms with Gasteiger partial charge in [0.05, 0.1) is 7.11 Å². The van der Waals surface area contributed by atoms with Crippen LogP contribution in [0.3, 0.4) is 0 Å². The predicted molar refractivity (Wildman–Crippen MR) is 89.3 cm³/mol. The number of hydrogen-bond donors (Lipinski definition) is 2. The fourth-order valence-corrected chi connectivity index (χ4v) is 2.96. The molecule has 0 aromatic heterocycles. The summed E-state index contributed by atoms with van der Waals surface area (Å²) in [6.07, 6.45) is 5.09. The van der Waals surface area contributed by atoms with E-state index < -0.39 is 11.8 Å². The summed E-state index contributed by atoms with van der Waals surface area (Å²) < 4.78 is 5.10. The van der Waals surface area contributed by atoms with E-state index in [9.17, 15) is 9.59 Å². The maximum Gasteiger partial charge on any atom is 0.309 e. The van der Waals surface area contributed by atoms with E-state index >= 15 is 0 Å². The molecule has 0 bridgehead atoms. The molecule has 0 heterocycles. The van der Waals surface area contributed by atoms with Crippen LogP contribution in [0, 0.1) is 5.92 Å². The van der Waals surface area contributed by atoms with Crippen molar-refractivity contribution in [2.24, 2.45) is 5.92 Å². The summed E-state index contributed by atoms with van der Waals surface area (Å²) in [5.41, 5.74) is 1.09. The molecule has 2 N–H and O–H groups in total. The molecule has 1 aromatic carbocycles. The van der Waals surface area contributed by atoms with Crippen molar-refractivity contribution < 1.29 is 14.3 Å². The molecule has 2 unspecified atom stereocenters. The Morgan fingerprint density at radius 1 is 1.13 bits per heavy atom. The lowest BCUT2D eigenvalue weighted by Gasteiger charge is -2.29. The van der Waals surface area contributed by atoms with Crippen molar-refractivity contribution >= 4 is 11.8 Å². The Morgan fingerprint density at radius 2 is 1.83 bits per heavy atom. The third-order valence-corrected chi connectivity index (χ3v) is 4.49. The summed E-state index contributed by atoms with van der Waals surface area (Å²) in [5.74, 6) is 0.188. The minimum atomic E-state index is -0.545. The third-order valence-electron chi connectivity index (χ3n) is 4.49. The number of nitrogens with one attached hydrogen (secondary N) is 2. The smallest absolute Gasteiger partial charge is 0.309 e. The van der Waals surface area contributed by atoms with Gasteiger partial charge >= 0.3 is 11.8 Å².